The van der Waals surface area contributed by atoms with Gasteiger partial charge in [0.15, 0.2) is 0 Å². The summed E-state index contributed by atoms with van der Waals surface area (Å²) in [6, 6.07) is 9.35. The fourth-order valence-corrected chi connectivity index (χ4v) is 3.66. The van der Waals surface area contributed by atoms with Crippen molar-refractivity contribution < 1.29 is 9.13 Å². The SMILES string of the molecule is Fc1ccccc1CN1CCC(Nc2ccnc(N3CCOCC3)n2)CC1. The third-order valence-electron chi connectivity index (χ3n) is 5.23. The predicted octanol–water partition coefficient (Wildman–Crippen LogP) is 2.53. The lowest BCUT2D eigenvalue weighted by Gasteiger charge is -2.33. The van der Waals surface area contributed by atoms with E-state index in [4.69, 9.17) is 4.74 Å². The van der Waals surface area contributed by atoms with Gasteiger partial charge in [0, 0.05) is 50.5 Å². The van der Waals surface area contributed by atoms with Crippen molar-refractivity contribution in [2.45, 2.75) is 25.4 Å². The number of benzene rings is 1. The van der Waals surface area contributed by atoms with E-state index in [1.54, 1.807) is 6.07 Å². The van der Waals surface area contributed by atoms with Gasteiger partial charge in [-0.05, 0) is 25.0 Å². The number of piperidine rings is 1. The van der Waals surface area contributed by atoms with E-state index in [-0.39, 0.29) is 5.82 Å². The van der Waals surface area contributed by atoms with Crippen molar-refractivity contribution in [3.05, 3.63) is 47.9 Å². The Balaban J connectivity index is 1.29. The molecule has 0 amide bonds. The molecule has 2 aliphatic heterocycles. The minimum atomic E-state index is -0.116. The summed E-state index contributed by atoms with van der Waals surface area (Å²) in [6.07, 6.45) is 3.85. The number of halogens is 1. The summed E-state index contributed by atoms with van der Waals surface area (Å²) in [6.45, 7) is 5.69. The molecule has 0 atom stereocenters. The van der Waals surface area contributed by atoms with Crippen molar-refractivity contribution in [2.24, 2.45) is 0 Å². The Morgan fingerprint density at radius 1 is 1.07 bits per heavy atom. The number of likely N-dealkylation sites (tertiary alicyclic amines) is 1. The first kappa shape index (κ1) is 18.1. The van der Waals surface area contributed by atoms with Crippen LogP contribution in [0.2, 0.25) is 0 Å². The largest absolute Gasteiger partial charge is 0.378 e. The summed E-state index contributed by atoms with van der Waals surface area (Å²) in [5.41, 5.74) is 0.773. The lowest BCUT2D eigenvalue weighted by molar-refractivity contribution is 0.122. The maximum absolute atomic E-state index is 13.8. The first-order chi connectivity index (χ1) is 13.3. The van der Waals surface area contributed by atoms with Gasteiger partial charge in [0.05, 0.1) is 13.2 Å². The van der Waals surface area contributed by atoms with Gasteiger partial charge >= 0.3 is 0 Å². The van der Waals surface area contributed by atoms with E-state index in [0.29, 0.717) is 12.6 Å². The Bertz CT molecular complexity index is 745. The van der Waals surface area contributed by atoms with E-state index in [1.807, 2.05) is 24.4 Å². The van der Waals surface area contributed by atoms with Crippen LogP contribution >= 0.6 is 0 Å². The quantitative estimate of drug-likeness (QED) is 0.872. The molecular weight excluding hydrogens is 345 g/mol. The van der Waals surface area contributed by atoms with Gasteiger partial charge in [-0.15, -0.1) is 0 Å². The predicted molar refractivity (Wildman–Crippen MR) is 103 cm³/mol. The van der Waals surface area contributed by atoms with Gasteiger partial charge in [-0.25, -0.2) is 9.37 Å². The van der Waals surface area contributed by atoms with E-state index < -0.39 is 0 Å². The van der Waals surface area contributed by atoms with Crippen LogP contribution in [0.5, 0.6) is 0 Å². The Kier molecular flexibility index (Phi) is 5.79. The highest BCUT2D eigenvalue weighted by molar-refractivity contribution is 5.42. The molecule has 1 N–H and O–H groups in total. The average Bonchev–Trinajstić information content (AvgIpc) is 2.72. The normalized spacial score (nSPS) is 19.2. The van der Waals surface area contributed by atoms with Crippen molar-refractivity contribution in [2.75, 3.05) is 49.6 Å². The molecule has 0 radical (unpaired) electrons. The van der Waals surface area contributed by atoms with E-state index in [1.165, 1.54) is 6.07 Å². The van der Waals surface area contributed by atoms with Crippen LogP contribution in [0.1, 0.15) is 18.4 Å². The number of rotatable bonds is 5. The van der Waals surface area contributed by atoms with Crippen LogP contribution in [0.15, 0.2) is 36.5 Å². The number of morpholine rings is 1. The molecule has 1 aromatic heterocycles. The van der Waals surface area contributed by atoms with Gasteiger partial charge in [0.1, 0.15) is 11.6 Å². The zero-order chi connectivity index (χ0) is 18.5. The van der Waals surface area contributed by atoms with E-state index in [2.05, 4.69) is 25.1 Å². The zero-order valence-electron chi connectivity index (χ0n) is 15.5. The molecular formula is C20H26FN5O. The number of hydrogen-bond acceptors (Lipinski definition) is 6. The molecule has 3 heterocycles. The molecule has 7 heteroatoms. The van der Waals surface area contributed by atoms with E-state index in [9.17, 15) is 4.39 Å². The molecule has 0 saturated carbocycles. The minimum Gasteiger partial charge on any atom is -0.378 e. The smallest absolute Gasteiger partial charge is 0.227 e. The molecule has 2 aromatic rings. The summed E-state index contributed by atoms with van der Waals surface area (Å²) in [4.78, 5) is 13.5. The maximum atomic E-state index is 13.8. The molecule has 144 valence electrons. The molecule has 6 nitrogen and oxygen atoms in total. The highest BCUT2D eigenvalue weighted by Crippen LogP contribution is 2.19. The number of ether oxygens (including phenoxy) is 1. The highest BCUT2D eigenvalue weighted by Gasteiger charge is 2.21. The van der Waals surface area contributed by atoms with Gasteiger partial charge in [0.25, 0.3) is 0 Å². The molecule has 4 rings (SSSR count). The molecule has 2 aliphatic rings. The van der Waals surface area contributed by atoms with Crippen LogP contribution in [-0.4, -0.2) is 60.3 Å². The van der Waals surface area contributed by atoms with Gasteiger partial charge in [0.2, 0.25) is 5.95 Å². The third kappa shape index (κ3) is 4.73. The molecule has 0 bridgehead atoms. The first-order valence-electron chi connectivity index (χ1n) is 9.66. The Hall–Kier alpha value is -2.25. The van der Waals surface area contributed by atoms with Crippen LogP contribution in [0.25, 0.3) is 0 Å². The number of nitrogens with zero attached hydrogens (tertiary/aromatic N) is 4. The van der Waals surface area contributed by atoms with Gasteiger partial charge in [-0.2, -0.15) is 4.98 Å². The van der Waals surface area contributed by atoms with Crippen LogP contribution in [-0.2, 0) is 11.3 Å². The van der Waals surface area contributed by atoms with Crippen molar-refractivity contribution in [1.29, 1.82) is 0 Å². The van der Waals surface area contributed by atoms with Gasteiger partial charge in [-0.3, -0.25) is 4.90 Å². The van der Waals surface area contributed by atoms with Crippen molar-refractivity contribution in [1.82, 2.24) is 14.9 Å². The highest BCUT2D eigenvalue weighted by atomic mass is 19.1. The minimum absolute atomic E-state index is 0.116. The second kappa shape index (κ2) is 8.63. The van der Waals surface area contributed by atoms with Crippen molar-refractivity contribution in [3.63, 3.8) is 0 Å². The topological polar surface area (TPSA) is 53.5 Å². The van der Waals surface area contributed by atoms with Crippen molar-refractivity contribution >= 4 is 11.8 Å². The molecule has 2 fully saturated rings. The second-order valence-electron chi connectivity index (χ2n) is 7.13. The lowest BCUT2D eigenvalue weighted by atomic mass is 10.0. The fourth-order valence-electron chi connectivity index (χ4n) is 3.66. The summed E-state index contributed by atoms with van der Waals surface area (Å²) < 4.78 is 19.2. The Labute approximate surface area is 159 Å². The second-order valence-corrected chi connectivity index (χ2v) is 7.13. The molecule has 0 unspecified atom stereocenters. The standard InChI is InChI=1S/C20H26FN5O/c21-18-4-2-1-3-16(18)15-25-9-6-17(7-10-25)23-19-5-8-22-20(24-19)26-11-13-27-14-12-26/h1-5,8,17H,6-7,9-15H2,(H,22,23,24). The van der Waals surface area contributed by atoms with E-state index in [0.717, 1.165) is 69.6 Å². The summed E-state index contributed by atoms with van der Waals surface area (Å²) >= 11 is 0. The maximum Gasteiger partial charge on any atom is 0.227 e. The van der Waals surface area contributed by atoms with Crippen LogP contribution in [0.3, 0.4) is 0 Å². The van der Waals surface area contributed by atoms with Crippen molar-refractivity contribution in [3.8, 4) is 0 Å². The van der Waals surface area contributed by atoms with Gasteiger partial charge < -0.3 is 15.0 Å². The van der Waals surface area contributed by atoms with Crippen LogP contribution in [0, 0.1) is 5.82 Å². The molecule has 0 aliphatic carbocycles. The Morgan fingerprint density at radius 2 is 1.85 bits per heavy atom. The summed E-state index contributed by atoms with van der Waals surface area (Å²) in [5.74, 6) is 1.52. The number of hydrogen-bond donors (Lipinski definition) is 1. The molecule has 2 saturated heterocycles. The zero-order valence-corrected chi connectivity index (χ0v) is 15.5. The molecule has 1 aromatic carbocycles. The molecule has 0 spiro atoms. The first-order valence-corrected chi connectivity index (χ1v) is 9.66. The Morgan fingerprint density at radius 3 is 2.63 bits per heavy atom. The number of aromatic nitrogens is 2. The average molecular weight is 371 g/mol. The monoisotopic (exact) mass is 371 g/mol. The summed E-state index contributed by atoms with van der Waals surface area (Å²) in [7, 11) is 0. The molecule has 27 heavy (non-hydrogen) atoms. The number of nitrogens with one attached hydrogen (secondary N) is 1. The fraction of sp³-hybridized carbons (Fsp3) is 0.500. The van der Waals surface area contributed by atoms with Gasteiger partial charge in [-0.1, -0.05) is 18.2 Å². The lowest BCUT2D eigenvalue weighted by Crippen LogP contribution is -2.39. The van der Waals surface area contributed by atoms with Crippen LogP contribution in [0.4, 0.5) is 16.2 Å². The van der Waals surface area contributed by atoms with Crippen LogP contribution < -0.4 is 10.2 Å². The number of anilines is 2. The third-order valence-corrected chi connectivity index (χ3v) is 5.23. The van der Waals surface area contributed by atoms with E-state index >= 15 is 0 Å². The summed E-state index contributed by atoms with van der Waals surface area (Å²) in [5, 5.41) is 3.55.